The fraction of sp³-hybridized carbons (Fsp3) is 0.286. The second kappa shape index (κ2) is 7.66. The van der Waals surface area contributed by atoms with Gasteiger partial charge in [0.1, 0.15) is 7.11 Å². The number of halogens is 1. The minimum absolute atomic E-state index is 0.551. The molecule has 6 nitrogen and oxygen atoms in total. The van der Waals surface area contributed by atoms with Crippen molar-refractivity contribution >= 4 is 29.6 Å². The number of carbonyl (C=O) groups excluding carboxylic acids is 1. The molecule has 1 aliphatic heterocycles. The van der Waals surface area contributed by atoms with Gasteiger partial charge in [-0.3, -0.25) is 10.6 Å². The van der Waals surface area contributed by atoms with Gasteiger partial charge in [-0.25, -0.2) is 4.79 Å². The monoisotopic (exact) mass is 309 g/mol. The Hall–Kier alpha value is -2.05. The summed E-state index contributed by atoms with van der Waals surface area (Å²) in [6.07, 6.45) is 3.19. The molecule has 2 N–H and O–H groups in total. The van der Waals surface area contributed by atoms with Crippen molar-refractivity contribution in [3.05, 3.63) is 40.9 Å². The molecule has 0 saturated heterocycles. The maximum Gasteiger partial charge on any atom is 0.413 e. The number of hydrogen-bond donors (Lipinski definition) is 2. The van der Waals surface area contributed by atoms with Gasteiger partial charge in [0.05, 0.1) is 6.21 Å². The van der Waals surface area contributed by atoms with Gasteiger partial charge in [0.25, 0.3) is 0 Å². The molecule has 0 aromatic heterocycles. The van der Waals surface area contributed by atoms with E-state index in [9.17, 15) is 4.79 Å². The number of nitrogens with zero attached hydrogens (tertiary/aromatic N) is 1. The van der Waals surface area contributed by atoms with Gasteiger partial charge in [0, 0.05) is 22.8 Å². The number of oxime groups is 1. The quantitative estimate of drug-likeness (QED) is 0.662. The van der Waals surface area contributed by atoms with Gasteiger partial charge in [-0.15, -0.1) is 0 Å². The van der Waals surface area contributed by atoms with Gasteiger partial charge in [-0.05, 0) is 30.7 Å². The van der Waals surface area contributed by atoms with Crippen LogP contribution in [0.5, 0.6) is 0 Å². The van der Waals surface area contributed by atoms with E-state index in [1.165, 1.54) is 13.3 Å². The molecule has 1 unspecified atom stereocenters. The van der Waals surface area contributed by atoms with Crippen LogP contribution in [0.2, 0.25) is 5.02 Å². The third-order valence-electron chi connectivity index (χ3n) is 2.78. The van der Waals surface area contributed by atoms with Crippen molar-refractivity contribution in [1.82, 2.24) is 5.32 Å². The molecule has 0 spiro atoms. The molecule has 1 aliphatic rings. The number of amides is 1. The van der Waals surface area contributed by atoms with E-state index in [0.717, 1.165) is 18.5 Å². The summed E-state index contributed by atoms with van der Waals surface area (Å²) in [4.78, 5) is 16.5. The predicted octanol–water partition coefficient (Wildman–Crippen LogP) is 2.77. The number of benzene rings is 1. The highest BCUT2D eigenvalue weighted by molar-refractivity contribution is 6.30. The fourth-order valence-corrected chi connectivity index (χ4v) is 1.94. The highest BCUT2D eigenvalue weighted by Gasteiger charge is 2.20. The SMILES string of the molecule is CON=CC1=CCCNC1OC(=O)Nc1ccc(Cl)cc1. The van der Waals surface area contributed by atoms with Crippen molar-refractivity contribution in [2.75, 3.05) is 19.0 Å². The van der Waals surface area contributed by atoms with Gasteiger partial charge >= 0.3 is 6.09 Å². The number of ether oxygens (including phenoxy) is 1. The molecule has 0 saturated carbocycles. The number of carbonyl (C=O) groups is 1. The Bertz CT molecular complexity index is 543. The third kappa shape index (κ3) is 4.77. The molecule has 1 aromatic carbocycles. The molecule has 1 amide bonds. The van der Waals surface area contributed by atoms with Crippen LogP contribution in [0.25, 0.3) is 0 Å². The second-order valence-electron chi connectivity index (χ2n) is 4.28. The van der Waals surface area contributed by atoms with Crippen molar-refractivity contribution in [3.8, 4) is 0 Å². The summed E-state index contributed by atoms with van der Waals surface area (Å²) in [6.45, 7) is 0.725. The minimum atomic E-state index is -0.562. The fourth-order valence-electron chi connectivity index (χ4n) is 1.81. The number of rotatable bonds is 4. The summed E-state index contributed by atoms with van der Waals surface area (Å²) in [5, 5.41) is 10.0. The largest absolute Gasteiger partial charge is 0.426 e. The lowest BCUT2D eigenvalue weighted by Gasteiger charge is -2.23. The van der Waals surface area contributed by atoms with E-state index in [1.54, 1.807) is 24.3 Å². The van der Waals surface area contributed by atoms with E-state index in [4.69, 9.17) is 16.3 Å². The first-order chi connectivity index (χ1) is 10.2. The summed E-state index contributed by atoms with van der Waals surface area (Å²) in [5.41, 5.74) is 1.35. The van der Waals surface area contributed by atoms with E-state index in [-0.39, 0.29) is 0 Å². The molecule has 1 aromatic rings. The lowest BCUT2D eigenvalue weighted by atomic mass is 10.1. The summed E-state index contributed by atoms with van der Waals surface area (Å²) in [7, 11) is 1.45. The van der Waals surface area contributed by atoms with E-state index >= 15 is 0 Å². The van der Waals surface area contributed by atoms with Crippen LogP contribution in [-0.2, 0) is 9.57 Å². The maximum atomic E-state index is 11.9. The minimum Gasteiger partial charge on any atom is -0.426 e. The molecule has 0 radical (unpaired) electrons. The van der Waals surface area contributed by atoms with Crippen molar-refractivity contribution in [3.63, 3.8) is 0 Å². The molecule has 0 fully saturated rings. The van der Waals surface area contributed by atoms with Crippen LogP contribution < -0.4 is 10.6 Å². The van der Waals surface area contributed by atoms with Crippen LogP contribution in [-0.4, -0.2) is 32.2 Å². The third-order valence-corrected chi connectivity index (χ3v) is 3.03. The van der Waals surface area contributed by atoms with Crippen LogP contribution in [0.3, 0.4) is 0 Å². The van der Waals surface area contributed by atoms with Gasteiger partial charge in [0.2, 0.25) is 0 Å². The lowest BCUT2D eigenvalue weighted by molar-refractivity contribution is 0.111. The predicted molar refractivity (Wildman–Crippen MR) is 81.5 cm³/mol. The van der Waals surface area contributed by atoms with Crippen molar-refractivity contribution in [2.24, 2.45) is 5.16 Å². The summed E-state index contributed by atoms with van der Waals surface area (Å²) >= 11 is 5.78. The van der Waals surface area contributed by atoms with Gasteiger partial charge in [0.15, 0.2) is 6.23 Å². The Balaban J connectivity index is 1.94. The molecule has 0 aliphatic carbocycles. The molecule has 1 atom stereocenters. The molecule has 112 valence electrons. The Morgan fingerprint density at radius 2 is 2.24 bits per heavy atom. The normalized spacial score (nSPS) is 18.2. The lowest BCUT2D eigenvalue weighted by Crippen LogP contribution is -2.40. The van der Waals surface area contributed by atoms with Crippen molar-refractivity contribution < 1.29 is 14.4 Å². The van der Waals surface area contributed by atoms with Crippen LogP contribution in [0.15, 0.2) is 41.1 Å². The van der Waals surface area contributed by atoms with Gasteiger partial charge in [-0.1, -0.05) is 22.8 Å². The Kier molecular flexibility index (Phi) is 5.59. The van der Waals surface area contributed by atoms with Gasteiger partial charge in [-0.2, -0.15) is 0 Å². The van der Waals surface area contributed by atoms with E-state index in [1.807, 2.05) is 6.08 Å². The van der Waals surface area contributed by atoms with Crippen LogP contribution in [0, 0.1) is 0 Å². The van der Waals surface area contributed by atoms with Gasteiger partial charge < -0.3 is 9.57 Å². The smallest absolute Gasteiger partial charge is 0.413 e. The zero-order chi connectivity index (χ0) is 15.1. The zero-order valence-electron chi connectivity index (χ0n) is 11.5. The van der Waals surface area contributed by atoms with Crippen molar-refractivity contribution in [2.45, 2.75) is 12.6 Å². The highest BCUT2D eigenvalue weighted by Crippen LogP contribution is 2.15. The summed E-state index contributed by atoms with van der Waals surface area (Å²) < 4.78 is 5.33. The Labute approximate surface area is 127 Å². The maximum absolute atomic E-state index is 11.9. The van der Waals surface area contributed by atoms with Crippen LogP contribution in [0.4, 0.5) is 10.5 Å². The highest BCUT2D eigenvalue weighted by atomic mass is 35.5. The molecule has 7 heteroatoms. The molecule has 1 heterocycles. The zero-order valence-corrected chi connectivity index (χ0v) is 12.3. The number of hydrogen-bond acceptors (Lipinski definition) is 5. The van der Waals surface area contributed by atoms with Crippen LogP contribution >= 0.6 is 11.6 Å². The van der Waals surface area contributed by atoms with E-state index < -0.39 is 12.3 Å². The Morgan fingerprint density at radius 1 is 1.48 bits per heavy atom. The number of anilines is 1. The molecule has 0 bridgehead atoms. The molecular weight excluding hydrogens is 294 g/mol. The first-order valence-electron chi connectivity index (χ1n) is 6.42. The average Bonchev–Trinajstić information content (AvgIpc) is 2.49. The van der Waals surface area contributed by atoms with E-state index in [0.29, 0.717) is 10.7 Å². The summed E-state index contributed by atoms with van der Waals surface area (Å²) in [5.74, 6) is 0. The van der Waals surface area contributed by atoms with E-state index in [2.05, 4.69) is 20.6 Å². The molecular formula is C14H16ClN3O3. The first kappa shape index (κ1) is 15.3. The number of nitrogens with one attached hydrogen (secondary N) is 2. The first-order valence-corrected chi connectivity index (χ1v) is 6.80. The standard InChI is InChI=1S/C14H16ClN3O3/c1-20-17-9-10-3-2-8-16-13(10)21-14(19)18-12-6-4-11(15)5-7-12/h3-7,9,13,16H,2,8H2,1H3,(H,18,19). The topological polar surface area (TPSA) is 71.9 Å². The Morgan fingerprint density at radius 3 is 2.95 bits per heavy atom. The average molecular weight is 310 g/mol. The summed E-state index contributed by atoms with van der Waals surface area (Å²) in [6, 6.07) is 6.77. The molecule has 2 rings (SSSR count). The van der Waals surface area contributed by atoms with Crippen LogP contribution in [0.1, 0.15) is 6.42 Å². The van der Waals surface area contributed by atoms with Crippen molar-refractivity contribution in [1.29, 1.82) is 0 Å². The second-order valence-corrected chi connectivity index (χ2v) is 4.72. The molecule has 21 heavy (non-hydrogen) atoms.